The third kappa shape index (κ3) is 3.10. The number of nitrogens with zero attached hydrogens (tertiary/aromatic N) is 1. The van der Waals surface area contributed by atoms with Crippen molar-refractivity contribution < 1.29 is 14.7 Å². The highest BCUT2D eigenvalue weighted by atomic mass is 32.1. The zero-order chi connectivity index (χ0) is 14.7. The van der Waals surface area contributed by atoms with Crippen LogP contribution in [0.25, 0.3) is 6.08 Å². The van der Waals surface area contributed by atoms with E-state index in [9.17, 15) is 9.59 Å². The van der Waals surface area contributed by atoms with E-state index in [1.807, 2.05) is 10.3 Å². The predicted octanol–water partition coefficient (Wildman–Crippen LogP) is 3.11. The minimum atomic E-state index is -1.00. The number of hydrogen-bond donors (Lipinski definition) is 1. The Morgan fingerprint density at radius 2 is 2.25 bits per heavy atom. The summed E-state index contributed by atoms with van der Waals surface area (Å²) in [4.78, 5) is 25.8. The SMILES string of the molecule is CC(C)C1CCCN1C(=O)c1sccc1C=CC(=O)O. The molecule has 5 heteroatoms. The van der Waals surface area contributed by atoms with Crippen molar-refractivity contribution in [1.29, 1.82) is 0 Å². The lowest BCUT2D eigenvalue weighted by atomic mass is 10.0. The Morgan fingerprint density at radius 3 is 2.90 bits per heavy atom. The van der Waals surface area contributed by atoms with E-state index in [4.69, 9.17) is 5.11 Å². The van der Waals surface area contributed by atoms with Crippen molar-refractivity contribution in [2.24, 2.45) is 5.92 Å². The molecule has 1 saturated heterocycles. The normalized spacial score (nSPS) is 19.1. The molecule has 1 N–H and O–H groups in total. The first kappa shape index (κ1) is 14.8. The fourth-order valence-electron chi connectivity index (χ4n) is 2.65. The third-order valence-corrected chi connectivity index (χ3v) is 4.54. The van der Waals surface area contributed by atoms with Crippen LogP contribution in [0.4, 0.5) is 0 Å². The summed E-state index contributed by atoms with van der Waals surface area (Å²) < 4.78 is 0. The van der Waals surface area contributed by atoms with E-state index < -0.39 is 5.97 Å². The van der Waals surface area contributed by atoms with E-state index in [-0.39, 0.29) is 5.91 Å². The molecule has 108 valence electrons. The molecule has 1 aliphatic rings. The first-order chi connectivity index (χ1) is 9.50. The van der Waals surface area contributed by atoms with E-state index in [1.165, 1.54) is 17.4 Å². The molecule has 4 nitrogen and oxygen atoms in total. The Hall–Kier alpha value is -1.62. The highest BCUT2D eigenvalue weighted by Crippen LogP contribution is 2.28. The van der Waals surface area contributed by atoms with Gasteiger partial charge in [-0.3, -0.25) is 4.79 Å². The number of hydrogen-bond acceptors (Lipinski definition) is 3. The molecular formula is C15H19NO3S. The summed E-state index contributed by atoms with van der Waals surface area (Å²) >= 11 is 1.37. The van der Waals surface area contributed by atoms with E-state index in [0.29, 0.717) is 22.4 Å². The van der Waals surface area contributed by atoms with Crippen LogP contribution >= 0.6 is 11.3 Å². The number of aliphatic carboxylic acids is 1. The van der Waals surface area contributed by atoms with Gasteiger partial charge in [0.2, 0.25) is 0 Å². The molecule has 0 radical (unpaired) electrons. The molecule has 1 aliphatic heterocycles. The number of carboxylic acids is 1. The summed E-state index contributed by atoms with van der Waals surface area (Å²) in [5.74, 6) is -0.531. The quantitative estimate of drug-likeness (QED) is 0.868. The van der Waals surface area contributed by atoms with Crippen molar-refractivity contribution in [3.05, 3.63) is 28.0 Å². The van der Waals surface area contributed by atoms with Crippen LogP contribution in [0.1, 0.15) is 41.9 Å². The van der Waals surface area contributed by atoms with Crippen molar-refractivity contribution >= 4 is 29.3 Å². The van der Waals surface area contributed by atoms with Gasteiger partial charge in [-0.05, 0) is 41.8 Å². The fraction of sp³-hybridized carbons (Fsp3) is 0.467. The van der Waals surface area contributed by atoms with Gasteiger partial charge in [0.15, 0.2) is 0 Å². The lowest BCUT2D eigenvalue weighted by molar-refractivity contribution is -0.131. The number of thiophene rings is 1. The molecule has 2 rings (SSSR count). The zero-order valence-corrected chi connectivity index (χ0v) is 12.5. The molecule has 1 unspecified atom stereocenters. The van der Waals surface area contributed by atoms with Gasteiger partial charge in [0.1, 0.15) is 0 Å². The van der Waals surface area contributed by atoms with Crippen LogP contribution in [0, 0.1) is 5.92 Å². The van der Waals surface area contributed by atoms with Gasteiger partial charge in [0.25, 0.3) is 5.91 Å². The number of carbonyl (C=O) groups excluding carboxylic acids is 1. The summed E-state index contributed by atoms with van der Waals surface area (Å²) in [7, 11) is 0. The van der Waals surface area contributed by atoms with Crippen LogP contribution in [0.15, 0.2) is 17.5 Å². The average Bonchev–Trinajstić information content (AvgIpc) is 3.04. The standard InChI is InChI=1S/C15H19NO3S/c1-10(2)12-4-3-8-16(12)15(19)14-11(7-9-20-14)5-6-13(17)18/h5-7,9-10,12H,3-4,8H2,1-2H3,(H,17,18). The minimum Gasteiger partial charge on any atom is -0.478 e. The van der Waals surface area contributed by atoms with Crippen molar-refractivity contribution in [3.63, 3.8) is 0 Å². The molecule has 1 aromatic heterocycles. The maximum atomic E-state index is 12.6. The van der Waals surface area contributed by atoms with Gasteiger partial charge in [0, 0.05) is 18.7 Å². The number of rotatable bonds is 4. The second kappa shape index (κ2) is 6.22. The molecule has 20 heavy (non-hydrogen) atoms. The van der Waals surface area contributed by atoms with Gasteiger partial charge < -0.3 is 10.0 Å². The van der Waals surface area contributed by atoms with Crippen LogP contribution in [0.5, 0.6) is 0 Å². The Morgan fingerprint density at radius 1 is 1.50 bits per heavy atom. The molecule has 0 aromatic carbocycles. The molecule has 1 atom stereocenters. The Labute approximate surface area is 122 Å². The maximum Gasteiger partial charge on any atom is 0.328 e. The van der Waals surface area contributed by atoms with Gasteiger partial charge in [-0.2, -0.15) is 0 Å². The summed E-state index contributed by atoms with van der Waals surface area (Å²) in [5.41, 5.74) is 0.691. The van der Waals surface area contributed by atoms with Crippen molar-refractivity contribution in [2.45, 2.75) is 32.7 Å². The van der Waals surface area contributed by atoms with E-state index in [1.54, 1.807) is 6.07 Å². The first-order valence-electron chi connectivity index (χ1n) is 6.80. The molecule has 2 heterocycles. The van der Waals surface area contributed by atoms with Gasteiger partial charge in [-0.25, -0.2) is 4.79 Å². The summed E-state index contributed by atoms with van der Waals surface area (Å²) in [6.45, 7) is 5.06. The second-order valence-corrected chi connectivity index (χ2v) is 6.24. The van der Waals surface area contributed by atoms with E-state index >= 15 is 0 Å². The Kier molecular flexibility index (Phi) is 4.60. The van der Waals surface area contributed by atoms with Gasteiger partial charge >= 0.3 is 5.97 Å². The van der Waals surface area contributed by atoms with Gasteiger partial charge in [-0.1, -0.05) is 13.8 Å². The molecule has 0 aliphatic carbocycles. The van der Waals surface area contributed by atoms with Crippen LogP contribution < -0.4 is 0 Å². The molecule has 1 amide bonds. The zero-order valence-electron chi connectivity index (χ0n) is 11.7. The lowest BCUT2D eigenvalue weighted by Gasteiger charge is -2.27. The van der Waals surface area contributed by atoms with Crippen molar-refractivity contribution in [2.75, 3.05) is 6.54 Å². The second-order valence-electron chi connectivity index (χ2n) is 5.33. The maximum absolute atomic E-state index is 12.6. The van der Waals surface area contributed by atoms with E-state index in [2.05, 4.69) is 13.8 Å². The lowest BCUT2D eigenvalue weighted by Crippen LogP contribution is -2.38. The Balaban J connectivity index is 2.21. The summed E-state index contributed by atoms with van der Waals surface area (Å²) in [5, 5.41) is 10.5. The minimum absolute atomic E-state index is 0.0289. The monoisotopic (exact) mass is 293 g/mol. The van der Waals surface area contributed by atoms with Crippen LogP contribution in [-0.2, 0) is 4.79 Å². The van der Waals surface area contributed by atoms with Crippen LogP contribution in [-0.4, -0.2) is 34.5 Å². The van der Waals surface area contributed by atoms with Crippen molar-refractivity contribution in [3.8, 4) is 0 Å². The molecule has 0 bridgehead atoms. The summed E-state index contributed by atoms with van der Waals surface area (Å²) in [6.07, 6.45) is 4.66. The first-order valence-corrected chi connectivity index (χ1v) is 7.68. The highest BCUT2D eigenvalue weighted by Gasteiger charge is 2.32. The molecule has 1 fully saturated rings. The largest absolute Gasteiger partial charge is 0.478 e. The topological polar surface area (TPSA) is 57.6 Å². The van der Waals surface area contributed by atoms with E-state index in [0.717, 1.165) is 25.5 Å². The number of amides is 1. The third-order valence-electron chi connectivity index (χ3n) is 3.63. The molecule has 0 saturated carbocycles. The van der Waals surface area contributed by atoms with Crippen LogP contribution in [0.2, 0.25) is 0 Å². The Bertz CT molecular complexity index is 533. The molecule has 0 spiro atoms. The molecule has 1 aromatic rings. The van der Waals surface area contributed by atoms with Gasteiger partial charge in [-0.15, -0.1) is 11.3 Å². The van der Waals surface area contributed by atoms with Gasteiger partial charge in [0.05, 0.1) is 4.88 Å². The predicted molar refractivity (Wildman–Crippen MR) is 79.9 cm³/mol. The number of carboxylic acid groups (broad SMARTS) is 1. The summed E-state index contributed by atoms with van der Waals surface area (Å²) in [6, 6.07) is 2.08. The average molecular weight is 293 g/mol. The highest BCUT2D eigenvalue weighted by molar-refractivity contribution is 7.12. The van der Waals surface area contributed by atoms with Crippen molar-refractivity contribution in [1.82, 2.24) is 4.90 Å². The number of likely N-dealkylation sites (tertiary alicyclic amines) is 1. The van der Waals surface area contributed by atoms with Crippen LogP contribution in [0.3, 0.4) is 0 Å². The number of carbonyl (C=O) groups is 2. The molecular weight excluding hydrogens is 274 g/mol. The fourth-order valence-corrected chi connectivity index (χ4v) is 3.49. The smallest absolute Gasteiger partial charge is 0.328 e.